The van der Waals surface area contributed by atoms with Gasteiger partial charge in [0.2, 0.25) is 0 Å². The molecular weight excluding hydrogens is 334 g/mol. The minimum Gasteiger partial charge on any atom is -0.497 e. The molecule has 0 saturated carbocycles. The molecule has 0 unspecified atom stereocenters. The zero-order valence-electron chi connectivity index (χ0n) is 14.8. The molecule has 0 aliphatic carbocycles. The van der Waals surface area contributed by atoms with Crippen molar-refractivity contribution >= 4 is 17.4 Å². The van der Waals surface area contributed by atoms with Crippen LogP contribution in [0.5, 0.6) is 5.75 Å². The molecule has 1 aliphatic heterocycles. The highest BCUT2D eigenvalue weighted by molar-refractivity contribution is 5.92. The Bertz CT molecular complexity index is 700. The van der Waals surface area contributed by atoms with Crippen molar-refractivity contribution in [2.24, 2.45) is 0 Å². The molecule has 26 heavy (non-hydrogen) atoms. The fourth-order valence-electron chi connectivity index (χ4n) is 2.57. The van der Waals surface area contributed by atoms with E-state index in [1.807, 2.05) is 24.3 Å². The van der Waals surface area contributed by atoms with Gasteiger partial charge in [0.25, 0.3) is 5.91 Å². The summed E-state index contributed by atoms with van der Waals surface area (Å²) in [6, 6.07) is 7.47. The number of hydrogen-bond acceptors (Lipinski definition) is 7. The summed E-state index contributed by atoms with van der Waals surface area (Å²) < 4.78 is 10.4. The molecule has 1 amide bonds. The number of anilines is 2. The van der Waals surface area contributed by atoms with Crippen molar-refractivity contribution in [1.82, 2.24) is 20.2 Å². The van der Waals surface area contributed by atoms with E-state index >= 15 is 0 Å². The highest BCUT2D eigenvalue weighted by atomic mass is 16.5. The maximum absolute atomic E-state index is 12.1. The van der Waals surface area contributed by atoms with Gasteiger partial charge in [-0.2, -0.15) is 0 Å². The number of morpholine rings is 1. The van der Waals surface area contributed by atoms with Crippen LogP contribution >= 0.6 is 0 Å². The quantitative estimate of drug-likeness (QED) is 0.772. The van der Waals surface area contributed by atoms with Crippen molar-refractivity contribution < 1.29 is 14.3 Å². The van der Waals surface area contributed by atoms with E-state index in [2.05, 4.69) is 25.5 Å². The summed E-state index contributed by atoms with van der Waals surface area (Å²) in [4.78, 5) is 22.8. The number of nitrogens with zero attached hydrogens (tertiary/aromatic N) is 3. The first-order chi connectivity index (χ1) is 12.7. The van der Waals surface area contributed by atoms with Gasteiger partial charge in [0, 0.05) is 31.9 Å². The lowest BCUT2D eigenvalue weighted by Gasteiger charge is -2.26. The van der Waals surface area contributed by atoms with Crippen LogP contribution in [0.15, 0.2) is 36.7 Å². The summed E-state index contributed by atoms with van der Waals surface area (Å²) >= 11 is 0. The molecule has 8 nitrogen and oxygen atoms in total. The molecular formula is C18H23N5O3. The first-order valence-electron chi connectivity index (χ1n) is 8.56. The predicted octanol–water partition coefficient (Wildman–Crippen LogP) is 1.29. The number of carbonyl (C=O) groups is 1. The van der Waals surface area contributed by atoms with Crippen LogP contribution in [0.4, 0.5) is 11.5 Å². The van der Waals surface area contributed by atoms with E-state index in [-0.39, 0.29) is 5.91 Å². The zero-order chi connectivity index (χ0) is 18.2. The molecule has 1 aromatic heterocycles. The number of ether oxygens (including phenoxy) is 2. The van der Waals surface area contributed by atoms with Crippen LogP contribution in [-0.4, -0.2) is 67.3 Å². The number of amides is 1. The first-order valence-corrected chi connectivity index (χ1v) is 8.56. The summed E-state index contributed by atoms with van der Waals surface area (Å²) in [7, 11) is 1.62. The van der Waals surface area contributed by atoms with Crippen LogP contribution in [0.2, 0.25) is 0 Å². The van der Waals surface area contributed by atoms with Crippen molar-refractivity contribution in [2.75, 3.05) is 51.8 Å². The summed E-state index contributed by atoms with van der Waals surface area (Å²) in [5.74, 6) is 1.13. The molecule has 0 atom stereocenters. The van der Waals surface area contributed by atoms with Gasteiger partial charge in [-0.1, -0.05) is 0 Å². The van der Waals surface area contributed by atoms with E-state index in [4.69, 9.17) is 9.47 Å². The molecule has 2 N–H and O–H groups in total. The summed E-state index contributed by atoms with van der Waals surface area (Å²) in [5, 5.41) is 6.00. The van der Waals surface area contributed by atoms with Crippen LogP contribution in [-0.2, 0) is 4.74 Å². The Kier molecular flexibility index (Phi) is 6.34. The van der Waals surface area contributed by atoms with Crippen LogP contribution in [0, 0.1) is 0 Å². The summed E-state index contributed by atoms with van der Waals surface area (Å²) in [6.07, 6.45) is 3.01. The Hall–Kier alpha value is -2.71. The first kappa shape index (κ1) is 18.1. The van der Waals surface area contributed by atoms with Gasteiger partial charge in [-0.3, -0.25) is 9.69 Å². The lowest BCUT2D eigenvalue weighted by Crippen LogP contribution is -2.41. The fraction of sp³-hybridized carbons (Fsp3) is 0.389. The molecule has 0 bridgehead atoms. The van der Waals surface area contributed by atoms with Crippen molar-refractivity contribution in [3.05, 3.63) is 42.4 Å². The Morgan fingerprint density at radius 1 is 1.19 bits per heavy atom. The lowest BCUT2D eigenvalue weighted by atomic mass is 10.3. The van der Waals surface area contributed by atoms with Crippen LogP contribution in [0.25, 0.3) is 0 Å². The third-order valence-corrected chi connectivity index (χ3v) is 4.06. The van der Waals surface area contributed by atoms with Crippen molar-refractivity contribution in [1.29, 1.82) is 0 Å². The largest absolute Gasteiger partial charge is 0.497 e. The normalized spacial score (nSPS) is 14.7. The third-order valence-electron chi connectivity index (χ3n) is 4.06. The average Bonchev–Trinajstić information content (AvgIpc) is 2.70. The average molecular weight is 357 g/mol. The maximum Gasteiger partial charge on any atom is 0.271 e. The highest BCUT2D eigenvalue weighted by Crippen LogP contribution is 2.18. The highest BCUT2D eigenvalue weighted by Gasteiger charge is 2.12. The molecule has 1 saturated heterocycles. The van der Waals surface area contributed by atoms with Gasteiger partial charge in [0.05, 0.1) is 32.7 Å². The van der Waals surface area contributed by atoms with E-state index in [9.17, 15) is 4.79 Å². The number of benzene rings is 1. The molecule has 138 valence electrons. The summed E-state index contributed by atoms with van der Waals surface area (Å²) in [6.45, 7) is 4.69. The molecule has 8 heteroatoms. The van der Waals surface area contributed by atoms with E-state index in [1.165, 1.54) is 6.20 Å². The summed E-state index contributed by atoms with van der Waals surface area (Å²) in [5.41, 5.74) is 1.16. The van der Waals surface area contributed by atoms with Gasteiger partial charge in [-0.25, -0.2) is 9.97 Å². The molecule has 2 heterocycles. The molecule has 3 rings (SSSR count). The zero-order valence-corrected chi connectivity index (χ0v) is 14.8. The second-order valence-corrected chi connectivity index (χ2v) is 5.85. The smallest absolute Gasteiger partial charge is 0.271 e. The third kappa shape index (κ3) is 5.14. The van der Waals surface area contributed by atoms with Gasteiger partial charge in [0.1, 0.15) is 17.3 Å². The lowest BCUT2D eigenvalue weighted by molar-refractivity contribution is 0.0383. The van der Waals surface area contributed by atoms with E-state index in [1.54, 1.807) is 13.3 Å². The number of methoxy groups -OCH3 is 1. The van der Waals surface area contributed by atoms with E-state index < -0.39 is 0 Å². The number of rotatable bonds is 7. The number of aromatic nitrogens is 2. The Morgan fingerprint density at radius 2 is 1.96 bits per heavy atom. The molecule has 1 aromatic carbocycles. The molecule has 0 radical (unpaired) electrons. The van der Waals surface area contributed by atoms with Gasteiger partial charge < -0.3 is 20.1 Å². The standard InChI is InChI=1S/C18H23N5O3/c1-25-15-4-2-14(3-5-15)22-17-13-20-16(12-21-17)18(24)19-6-7-23-8-10-26-11-9-23/h2-5,12-13H,6-11H2,1H3,(H,19,24)(H,21,22). The number of hydrogen-bond donors (Lipinski definition) is 2. The van der Waals surface area contributed by atoms with Gasteiger partial charge >= 0.3 is 0 Å². The fourth-order valence-corrected chi connectivity index (χ4v) is 2.57. The van der Waals surface area contributed by atoms with Crippen molar-refractivity contribution in [3.8, 4) is 5.75 Å². The van der Waals surface area contributed by atoms with Crippen LogP contribution in [0.1, 0.15) is 10.5 Å². The molecule has 1 aliphatic rings. The molecule has 0 spiro atoms. The Morgan fingerprint density at radius 3 is 2.62 bits per heavy atom. The van der Waals surface area contributed by atoms with Gasteiger partial charge in [-0.15, -0.1) is 0 Å². The van der Waals surface area contributed by atoms with Crippen LogP contribution < -0.4 is 15.4 Å². The monoisotopic (exact) mass is 357 g/mol. The SMILES string of the molecule is COc1ccc(Nc2cnc(C(=O)NCCN3CCOCC3)cn2)cc1. The van der Waals surface area contributed by atoms with Crippen molar-refractivity contribution in [2.45, 2.75) is 0 Å². The minimum atomic E-state index is -0.221. The Balaban J connectivity index is 1.47. The molecule has 1 fully saturated rings. The second kappa shape index (κ2) is 9.12. The Labute approximate surface area is 152 Å². The van der Waals surface area contributed by atoms with E-state index in [0.717, 1.165) is 44.3 Å². The van der Waals surface area contributed by atoms with Gasteiger partial charge in [-0.05, 0) is 24.3 Å². The predicted molar refractivity (Wildman–Crippen MR) is 97.9 cm³/mol. The van der Waals surface area contributed by atoms with E-state index in [0.29, 0.717) is 18.1 Å². The number of carbonyl (C=O) groups excluding carboxylic acids is 1. The second-order valence-electron chi connectivity index (χ2n) is 5.85. The number of nitrogens with one attached hydrogen (secondary N) is 2. The van der Waals surface area contributed by atoms with Crippen molar-refractivity contribution in [3.63, 3.8) is 0 Å². The topological polar surface area (TPSA) is 88.6 Å². The maximum atomic E-state index is 12.1. The molecule has 2 aromatic rings. The minimum absolute atomic E-state index is 0.221. The van der Waals surface area contributed by atoms with Gasteiger partial charge in [0.15, 0.2) is 0 Å². The van der Waals surface area contributed by atoms with Crippen LogP contribution in [0.3, 0.4) is 0 Å².